The molecule has 0 amide bonds. The smallest absolute Gasteiger partial charge is 0.342 e. The van der Waals surface area contributed by atoms with Gasteiger partial charge in [0.05, 0.1) is 17.8 Å². The molecular formula is C13H13O4-. The maximum Gasteiger partial charge on any atom is 0.342 e. The van der Waals surface area contributed by atoms with Crippen LogP contribution in [0.1, 0.15) is 17.3 Å². The van der Waals surface area contributed by atoms with Crippen LogP contribution in [0.3, 0.4) is 0 Å². The van der Waals surface area contributed by atoms with Gasteiger partial charge in [0, 0.05) is 0 Å². The van der Waals surface area contributed by atoms with Gasteiger partial charge in [0.1, 0.15) is 0 Å². The average Bonchev–Trinajstić information content (AvgIpc) is 2.31. The van der Waals surface area contributed by atoms with Crippen LogP contribution >= 0.6 is 0 Å². The average molecular weight is 233 g/mol. The summed E-state index contributed by atoms with van der Waals surface area (Å²) in [4.78, 5) is 20.4. The Labute approximate surface area is 99.8 Å². The maximum atomic E-state index is 11.0. The van der Waals surface area contributed by atoms with Crippen molar-refractivity contribution in [2.24, 2.45) is 0 Å². The first-order valence-electron chi connectivity index (χ1n) is 4.72. The number of carbonyl (C=O) groups excluding carboxylic acids is 2. The number of carbonyl (C=O) groups is 2. The Morgan fingerprint density at radius 2 is 1.76 bits per heavy atom. The van der Waals surface area contributed by atoms with Gasteiger partial charge in [-0.15, -0.1) is 0 Å². The number of esters is 1. The van der Waals surface area contributed by atoms with Gasteiger partial charge in [-0.2, -0.15) is 0 Å². The van der Waals surface area contributed by atoms with Crippen LogP contribution in [0.2, 0.25) is 0 Å². The Bertz CT molecular complexity index is 395. The molecule has 0 atom stereocenters. The number of benzene rings is 1. The van der Waals surface area contributed by atoms with E-state index in [1.807, 2.05) is 6.07 Å². The molecule has 0 bridgehead atoms. The summed E-state index contributed by atoms with van der Waals surface area (Å²) in [7, 11) is 0. The van der Waals surface area contributed by atoms with E-state index in [1.165, 1.54) is 6.92 Å². The molecule has 4 nitrogen and oxygen atoms in total. The normalized spacial score (nSPS) is 8.29. The second kappa shape index (κ2) is 7.87. The van der Waals surface area contributed by atoms with Crippen LogP contribution in [0.25, 0.3) is 0 Å². The first-order chi connectivity index (χ1) is 7.99. The zero-order chi connectivity index (χ0) is 13.3. The van der Waals surface area contributed by atoms with E-state index in [0.717, 1.165) is 6.26 Å². The third-order valence-electron chi connectivity index (χ3n) is 1.55. The van der Waals surface area contributed by atoms with Gasteiger partial charge in [-0.05, 0) is 24.6 Å². The van der Waals surface area contributed by atoms with Crippen molar-refractivity contribution in [2.75, 3.05) is 0 Å². The molecule has 0 radical (unpaired) electrons. The fraction of sp³-hybridized carbons (Fsp3) is 0.0769. The molecule has 0 saturated heterocycles. The van der Waals surface area contributed by atoms with Crippen molar-refractivity contribution in [1.29, 1.82) is 0 Å². The van der Waals surface area contributed by atoms with Gasteiger partial charge in [0.2, 0.25) is 0 Å². The maximum absolute atomic E-state index is 11.0. The SMILES string of the molecule is C=C(C)C(=O)[O-].C=COC(=O)c1ccccc1. The van der Waals surface area contributed by atoms with Crippen LogP contribution in [-0.4, -0.2) is 11.9 Å². The highest BCUT2D eigenvalue weighted by Gasteiger charge is 2.01. The molecule has 0 fully saturated rings. The van der Waals surface area contributed by atoms with Crippen molar-refractivity contribution < 1.29 is 19.4 Å². The molecule has 1 rings (SSSR count). The number of carboxylic acid groups (broad SMARTS) is 1. The number of ether oxygens (including phenoxy) is 1. The molecule has 0 spiro atoms. The van der Waals surface area contributed by atoms with E-state index in [4.69, 9.17) is 0 Å². The molecule has 0 aliphatic carbocycles. The van der Waals surface area contributed by atoms with Crippen LogP contribution in [0.4, 0.5) is 0 Å². The second-order valence-electron chi connectivity index (χ2n) is 3.01. The molecule has 0 aliphatic heterocycles. The lowest BCUT2D eigenvalue weighted by Gasteiger charge is -1.96. The fourth-order valence-corrected chi connectivity index (χ4v) is 0.718. The Hall–Kier alpha value is -2.36. The summed E-state index contributed by atoms with van der Waals surface area (Å²) in [5.41, 5.74) is 0.599. The lowest BCUT2D eigenvalue weighted by Crippen LogP contribution is -2.22. The Balaban J connectivity index is 0.000000366. The molecule has 0 unspecified atom stereocenters. The van der Waals surface area contributed by atoms with Crippen LogP contribution in [0, 0.1) is 0 Å². The third kappa shape index (κ3) is 6.67. The Morgan fingerprint density at radius 1 is 1.29 bits per heavy atom. The molecule has 0 N–H and O–H groups in total. The zero-order valence-electron chi connectivity index (χ0n) is 9.51. The van der Waals surface area contributed by atoms with E-state index in [1.54, 1.807) is 24.3 Å². The van der Waals surface area contributed by atoms with E-state index in [2.05, 4.69) is 17.9 Å². The number of hydrogen-bond acceptors (Lipinski definition) is 4. The first kappa shape index (κ1) is 14.6. The van der Waals surface area contributed by atoms with Gasteiger partial charge in [0.15, 0.2) is 0 Å². The van der Waals surface area contributed by atoms with Crippen molar-refractivity contribution in [3.8, 4) is 0 Å². The Morgan fingerprint density at radius 3 is 2.12 bits per heavy atom. The highest BCUT2D eigenvalue weighted by Crippen LogP contribution is 2.00. The van der Waals surface area contributed by atoms with Crippen LogP contribution in [0.5, 0.6) is 0 Å². The quantitative estimate of drug-likeness (QED) is 0.448. The van der Waals surface area contributed by atoms with Gasteiger partial charge in [-0.3, -0.25) is 0 Å². The summed E-state index contributed by atoms with van der Waals surface area (Å²) < 4.78 is 4.55. The highest BCUT2D eigenvalue weighted by molar-refractivity contribution is 5.89. The highest BCUT2D eigenvalue weighted by atomic mass is 16.5. The predicted octanol–water partition coefficient (Wildman–Crippen LogP) is 1.30. The molecule has 0 aliphatic rings. The predicted molar refractivity (Wildman–Crippen MR) is 61.9 cm³/mol. The molecule has 1 aromatic carbocycles. The second-order valence-corrected chi connectivity index (χ2v) is 3.01. The lowest BCUT2D eigenvalue weighted by atomic mass is 10.2. The van der Waals surface area contributed by atoms with Gasteiger partial charge in [-0.1, -0.05) is 31.4 Å². The standard InChI is InChI=1S/C9H8O2.C4H6O2/c1-2-11-9(10)8-6-4-3-5-7-8;1-3(2)4(5)6/h2-7H,1H2;1H2,2H3,(H,5,6)/p-1. The topological polar surface area (TPSA) is 66.4 Å². The van der Waals surface area contributed by atoms with E-state index < -0.39 is 5.97 Å². The van der Waals surface area contributed by atoms with Crippen LogP contribution < -0.4 is 5.11 Å². The van der Waals surface area contributed by atoms with E-state index in [-0.39, 0.29) is 11.5 Å². The summed E-state index contributed by atoms with van der Waals surface area (Å²) in [6.45, 7) is 7.76. The van der Waals surface area contributed by atoms with E-state index >= 15 is 0 Å². The van der Waals surface area contributed by atoms with Crippen LogP contribution in [0.15, 0.2) is 55.3 Å². The number of rotatable bonds is 3. The van der Waals surface area contributed by atoms with Crippen molar-refractivity contribution in [3.63, 3.8) is 0 Å². The molecule has 17 heavy (non-hydrogen) atoms. The fourth-order valence-electron chi connectivity index (χ4n) is 0.718. The van der Waals surface area contributed by atoms with E-state index in [9.17, 15) is 14.7 Å². The molecule has 1 aromatic rings. The third-order valence-corrected chi connectivity index (χ3v) is 1.55. The summed E-state index contributed by atoms with van der Waals surface area (Å²) in [6, 6.07) is 8.77. The minimum Gasteiger partial charge on any atom is -0.545 e. The van der Waals surface area contributed by atoms with Gasteiger partial charge in [-0.25, -0.2) is 4.79 Å². The summed E-state index contributed by atoms with van der Waals surface area (Å²) in [5.74, 6) is -1.56. The minimum absolute atomic E-state index is 0.0648. The van der Waals surface area contributed by atoms with E-state index in [0.29, 0.717) is 5.56 Å². The molecule has 0 heterocycles. The van der Waals surface area contributed by atoms with Crippen molar-refractivity contribution in [1.82, 2.24) is 0 Å². The molecule has 0 aromatic heterocycles. The molecule has 0 saturated carbocycles. The van der Waals surface area contributed by atoms with Crippen molar-refractivity contribution >= 4 is 11.9 Å². The number of aliphatic carboxylic acids is 1. The molecule has 4 heteroatoms. The minimum atomic E-state index is -1.19. The summed E-state index contributed by atoms with van der Waals surface area (Å²) in [5, 5.41) is 9.49. The molecule has 90 valence electrons. The van der Waals surface area contributed by atoms with Gasteiger partial charge in [0.25, 0.3) is 0 Å². The monoisotopic (exact) mass is 233 g/mol. The Kier molecular flexibility index (Phi) is 6.78. The summed E-state index contributed by atoms with van der Waals surface area (Å²) >= 11 is 0. The van der Waals surface area contributed by atoms with Gasteiger partial charge >= 0.3 is 5.97 Å². The molecular weight excluding hydrogens is 220 g/mol. The zero-order valence-corrected chi connectivity index (χ0v) is 9.51. The summed E-state index contributed by atoms with van der Waals surface area (Å²) in [6.07, 6.45) is 1.12. The lowest BCUT2D eigenvalue weighted by molar-refractivity contribution is -0.299. The van der Waals surface area contributed by atoms with Crippen LogP contribution in [-0.2, 0) is 9.53 Å². The van der Waals surface area contributed by atoms with Gasteiger partial charge < -0.3 is 14.6 Å². The van der Waals surface area contributed by atoms with Crippen molar-refractivity contribution in [3.05, 3.63) is 60.9 Å². The number of carboxylic acids is 1. The largest absolute Gasteiger partial charge is 0.545 e. The first-order valence-corrected chi connectivity index (χ1v) is 4.72. The number of hydrogen-bond donors (Lipinski definition) is 0. The van der Waals surface area contributed by atoms with Crippen molar-refractivity contribution in [2.45, 2.75) is 6.92 Å².